The van der Waals surface area contributed by atoms with Gasteiger partial charge in [-0.1, -0.05) is 6.08 Å². The molecule has 0 unspecified atom stereocenters. The minimum absolute atomic E-state index is 0.972. The zero-order chi connectivity index (χ0) is 17.0. The number of hydrogen-bond donors (Lipinski definition) is 0. The minimum atomic E-state index is 0.972. The van der Waals surface area contributed by atoms with Crippen LogP contribution in [0.15, 0.2) is 47.0 Å². The summed E-state index contributed by atoms with van der Waals surface area (Å²) >= 11 is 0. The van der Waals surface area contributed by atoms with E-state index in [2.05, 4.69) is 55.2 Å². The summed E-state index contributed by atoms with van der Waals surface area (Å²) in [5, 5.41) is 4.83. The third-order valence-electron chi connectivity index (χ3n) is 5.63. The van der Waals surface area contributed by atoms with E-state index >= 15 is 0 Å². The van der Waals surface area contributed by atoms with Crippen LogP contribution in [0.2, 0.25) is 0 Å². The number of hydrogen-bond acceptors (Lipinski definition) is 2. The first kappa shape index (κ1) is 14.7. The molecule has 2 nitrogen and oxygen atoms in total. The van der Waals surface area contributed by atoms with E-state index in [1.165, 1.54) is 63.9 Å². The van der Waals surface area contributed by atoms with Gasteiger partial charge in [-0.05, 0) is 91.9 Å². The summed E-state index contributed by atoms with van der Waals surface area (Å²) in [6.07, 6.45) is 8.97. The Morgan fingerprint density at radius 2 is 1.68 bits per heavy atom. The second kappa shape index (κ2) is 5.45. The molecule has 2 heteroatoms. The van der Waals surface area contributed by atoms with Gasteiger partial charge in [0.2, 0.25) is 0 Å². The fraction of sp³-hybridized carbons (Fsp3) is 0.261. The maximum Gasteiger partial charge on any atom is 0.136 e. The molecule has 0 saturated heterocycles. The maximum absolute atomic E-state index is 6.22. The highest BCUT2D eigenvalue weighted by Gasteiger charge is 2.16. The van der Waals surface area contributed by atoms with Crippen LogP contribution in [-0.4, -0.2) is 4.98 Å². The van der Waals surface area contributed by atoms with Crippen LogP contribution in [0.25, 0.3) is 38.3 Å². The Bertz CT molecular complexity index is 1160. The highest BCUT2D eigenvalue weighted by molar-refractivity contribution is 6.11. The summed E-state index contributed by atoms with van der Waals surface area (Å²) < 4.78 is 6.22. The normalized spacial score (nSPS) is 15.2. The van der Waals surface area contributed by atoms with Crippen molar-refractivity contribution in [1.29, 1.82) is 0 Å². The first-order valence-corrected chi connectivity index (χ1v) is 9.14. The molecule has 0 bridgehead atoms. The van der Waals surface area contributed by atoms with E-state index in [0.717, 1.165) is 16.9 Å². The van der Waals surface area contributed by atoms with Crippen LogP contribution in [-0.2, 0) is 12.8 Å². The van der Waals surface area contributed by atoms with Crippen LogP contribution < -0.4 is 0 Å². The van der Waals surface area contributed by atoms with Crippen molar-refractivity contribution in [2.75, 3.05) is 0 Å². The zero-order valence-electron chi connectivity index (χ0n) is 14.7. The van der Waals surface area contributed by atoms with Crippen LogP contribution in [0.4, 0.5) is 0 Å². The molecular weight excluding hydrogens is 306 g/mol. The van der Waals surface area contributed by atoms with E-state index in [0.29, 0.717) is 0 Å². The van der Waals surface area contributed by atoms with Crippen molar-refractivity contribution in [3.63, 3.8) is 0 Å². The Morgan fingerprint density at radius 1 is 0.960 bits per heavy atom. The SMILES string of the molecule is C/C=C(\C)c1nccc2cc3oc4cc5c(cc4c3cc12)CCCC5. The lowest BCUT2D eigenvalue weighted by Crippen LogP contribution is -2.01. The Labute approximate surface area is 147 Å². The molecule has 0 radical (unpaired) electrons. The van der Waals surface area contributed by atoms with E-state index in [4.69, 9.17) is 4.42 Å². The van der Waals surface area contributed by atoms with Gasteiger partial charge in [0.1, 0.15) is 11.2 Å². The molecule has 0 aliphatic heterocycles. The summed E-state index contributed by atoms with van der Waals surface area (Å²) in [6.45, 7) is 4.18. The second-order valence-corrected chi connectivity index (χ2v) is 7.13. The maximum atomic E-state index is 6.22. The van der Waals surface area contributed by atoms with Gasteiger partial charge >= 0.3 is 0 Å². The van der Waals surface area contributed by atoms with Gasteiger partial charge < -0.3 is 4.42 Å². The topological polar surface area (TPSA) is 26.0 Å². The van der Waals surface area contributed by atoms with Crippen molar-refractivity contribution < 1.29 is 4.42 Å². The zero-order valence-corrected chi connectivity index (χ0v) is 14.7. The highest BCUT2D eigenvalue weighted by atomic mass is 16.3. The van der Waals surface area contributed by atoms with Gasteiger partial charge in [0, 0.05) is 22.4 Å². The Hall–Kier alpha value is -2.61. The van der Waals surface area contributed by atoms with Crippen molar-refractivity contribution in [1.82, 2.24) is 4.98 Å². The predicted molar refractivity (Wildman–Crippen MR) is 105 cm³/mol. The first-order valence-electron chi connectivity index (χ1n) is 9.14. The lowest BCUT2D eigenvalue weighted by molar-refractivity contribution is 0.660. The molecule has 4 aromatic rings. The molecule has 2 aromatic heterocycles. The molecule has 1 aliphatic carbocycles. The van der Waals surface area contributed by atoms with E-state index in [1.807, 2.05) is 6.20 Å². The number of aromatic nitrogens is 1. The monoisotopic (exact) mass is 327 g/mol. The van der Waals surface area contributed by atoms with E-state index < -0.39 is 0 Å². The smallest absolute Gasteiger partial charge is 0.136 e. The summed E-state index contributed by atoms with van der Waals surface area (Å²) in [7, 11) is 0. The summed E-state index contributed by atoms with van der Waals surface area (Å²) in [6, 6.07) is 11.1. The quantitative estimate of drug-likeness (QED) is 0.402. The fourth-order valence-corrected chi connectivity index (χ4v) is 4.12. The molecule has 0 saturated carbocycles. The van der Waals surface area contributed by atoms with Gasteiger partial charge in [0.15, 0.2) is 0 Å². The standard InChI is InChI=1S/C23H21NO/c1-3-14(2)23-18-13-20-19-10-15-6-4-5-7-16(15)11-21(19)25-22(20)12-17(18)8-9-24-23/h3,8-13H,4-7H2,1-2H3/b14-3+. The fourth-order valence-electron chi connectivity index (χ4n) is 4.12. The number of benzene rings is 2. The number of furan rings is 1. The number of allylic oxidation sites excluding steroid dienone is 2. The van der Waals surface area contributed by atoms with Crippen LogP contribution in [0, 0.1) is 0 Å². The third-order valence-corrected chi connectivity index (χ3v) is 5.63. The van der Waals surface area contributed by atoms with Crippen LogP contribution in [0.5, 0.6) is 0 Å². The van der Waals surface area contributed by atoms with Gasteiger partial charge in [-0.15, -0.1) is 0 Å². The van der Waals surface area contributed by atoms with Gasteiger partial charge in [-0.2, -0.15) is 0 Å². The predicted octanol–water partition coefficient (Wildman–Crippen LogP) is 6.44. The van der Waals surface area contributed by atoms with Crippen LogP contribution in [0.1, 0.15) is 43.5 Å². The molecule has 0 N–H and O–H groups in total. The Morgan fingerprint density at radius 3 is 2.48 bits per heavy atom. The lowest BCUT2D eigenvalue weighted by atomic mass is 9.90. The molecule has 1 aliphatic rings. The second-order valence-electron chi connectivity index (χ2n) is 7.13. The van der Waals surface area contributed by atoms with E-state index in [1.54, 1.807) is 0 Å². The molecule has 2 aromatic carbocycles. The van der Waals surface area contributed by atoms with Gasteiger partial charge in [0.25, 0.3) is 0 Å². The molecule has 2 heterocycles. The van der Waals surface area contributed by atoms with Crippen molar-refractivity contribution in [2.45, 2.75) is 39.5 Å². The van der Waals surface area contributed by atoms with Crippen molar-refractivity contribution in [2.24, 2.45) is 0 Å². The third kappa shape index (κ3) is 2.21. The molecule has 25 heavy (non-hydrogen) atoms. The van der Waals surface area contributed by atoms with Crippen LogP contribution in [0.3, 0.4) is 0 Å². The number of aryl methyl sites for hydroxylation is 2. The van der Waals surface area contributed by atoms with Crippen molar-refractivity contribution in [3.05, 3.63) is 59.4 Å². The molecular formula is C23H21NO. The van der Waals surface area contributed by atoms with Gasteiger partial charge in [-0.3, -0.25) is 4.98 Å². The summed E-state index contributed by atoms with van der Waals surface area (Å²) in [5.41, 5.74) is 7.22. The Balaban J connectivity index is 1.87. The largest absolute Gasteiger partial charge is 0.456 e. The van der Waals surface area contributed by atoms with Crippen molar-refractivity contribution >= 4 is 38.3 Å². The van der Waals surface area contributed by atoms with Crippen molar-refractivity contribution in [3.8, 4) is 0 Å². The Kier molecular flexibility index (Phi) is 3.21. The highest BCUT2D eigenvalue weighted by Crippen LogP contribution is 2.36. The van der Waals surface area contributed by atoms with Gasteiger partial charge in [0.05, 0.1) is 5.69 Å². The molecule has 0 spiro atoms. The number of rotatable bonds is 1. The summed E-state index contributed by atoms with van der Waals surface area (Å²) in [5.74, 6) is 0. The minimum Gasteiger partial charge on any atom is -0.456 e. The number of fused-ring (bicyclic) bond motifs is 5. The molecule has 0 fully saturated rings. The average Bonchev–Trinajstić information content (AvgIpc) is 2.99. The molecule has 0 atom stereocenters. The molecule has 5 rings (SSSR count). The molecule has 124 valence electrons. The average molecular weight is 327 g/mol. The van der Waals surface area contributed by atoms with Crippen LogP contribution >= 0.6 is 0 Å². The lowest BCUT2D eigenvalue weighted by Gasteiger charge is -2.14. The molecule has 0 amide bonds. The number of nitrogens with zero attached hydrogens (tertiary/aromatic N) is 1. The summed E-state index contributed by atoms with van der Waals surface area (Å²) in [4.78, 5) is 4.62. The van der Waals surface area contributed by atoms with E-state index in [9.17, 15) is 0 Å². The number of pyridine rings is 1. The van der Waals surface area contributed by atoms with E-state index in [-0.39, 0.29) is 0 Å². The first-order chi connectivity index (χ1) is 12.2. The van der Waals surface area contributed by atoms with Gasteiger partial charge in [-0.25, -0.2) is 0 Å².